The first-order valence-corrected chi connectivity index (χ1v) is 8.28. The van der Waals surface area contributed by atoms with Crippen LogP contribution in [-0.4, -0.2) is 18.2 Å². The molecule has 0 saturated heterocycles. The highest BCUT2D eigenvalue weighted by Crippen LogP contribution is 2.22. The number of para-hydroxylation sites is 1. The molecule has 0 unspecified atom stereocenters. The van der Waals surface area contributed by atoms with Gasteiger partial charge in [0.1, 0.15) is 5.75 Å². The lowest BCUT2D eigenvalue weighted by Crippen LogP contribution is -2.27. The molecule has 0 atom stereocenters. The maximum absolute atomic E-state index is 12.1. The molecule has 0 aromatic heterocycles. The van der Waals surface area contributed by atoms with Crippen LogP contribution in [0.2, 0.25) is 0 Å². The zero-order valence-corrected chi connectivity index (χ0v) is 14.1. The van der Waals surface area contributed by atoms with Crippen molar-refractivity contribution in [3.8, 4) is 5.75 Å². The lowest BCUT2D eigenvalue weighted by molar-refractivity contribution is -0.123. The van der Waals surface area contributed by atoms with Crippen molar-refractivity contribution in [2.24, 2.45) is 5.10 Å². The molecule has 1 N–H and O–H groups in total. The van der Waals surface area contributed by atoms with Crippen molar-refractivity contribution < 1.29 is 9.53 Å². The van der Waals surface area contributed by atoms with Crippen LogP contribution in [-0.2, 0) is 11.2 Å². The Kier molecular flexibility index (Phi) is 4.94. The van der Waals surface area contributed by atoms with Gasteiger partial charge in [-0.25, -0.2) is 5.43 Å². The number of amides is 1. The quantitative estimate of drug-likeness (QED) is 0.875. The van der Waals surface area contributed by atoms with Crippen LogP contribution in [0.15, 0.2) is 47.6 Å². The molecule has 0 radical (unpaired) electrons. The molecular weight excluding hydrogens is 300 g/mol. The summed E-state index contributed by atoms with van der Waals surface area (Å²) < 4.78 is 5.66. The monoisotopic (exact) mass is 322 g/mol. The molecule has 0 heterocycles. The second-order valence-corrected chi connectivity index (χ2v) is 6.11. The van der Waals surface area contributed by atoms with Gasteiger partial charge in [0.15, 0.2) is 6.61 Å². The predicted molar refractivity (Wildman–Crippen MR) is 95.5 cm³/mol. The standard InChI is InChI=1S/C20H22N2O2/c1-14-7-5-8-15(2)20(14)24-13-19(23)22-21-18-12-6-10-16-9-3-4-11-17(16)18/h3-5,7-9,11H,6,10,12-13H2,1-2H3,(H,22,23)/b21-18+. The second-order valence-electron chi connectivity index (χ2n) is 6.11. The third-order valence-electron chi connectivity index (χ3n) is 4.26. The van der Waals surface area contributed by atoms with Gasteiger partial charge in [-0.1, -0.05) is 42.5 Å². The molecule has 2 aromatic carbocycles. The molecule has 4 nitrogen and oxygen atoms in total. The Balaban J connectivity index is 1.62. The third kappa shape index (κ3) is 3.65. The fourth-order valence-corrected chi connectivity index (χ4v) is 3.04. The molecule has 1 aliphatic rings. The maximum Gasteiger partial charge on any atom is 0.277 e. The number of carbonyl (C=O) groups is 1. The number of benzene rings is 2. The molecule has 1 aliphatic carbocycles. The smallest absolute Gasteiger partial charge is 0.277 e. The highest BCUT2D eigenvalue weighted by Gasteiger charge is 2.15. The fraction of sp³-hybridized carbons (Fsp3) is 0.300. The number of nitrogens with one attached hydrogen (secondary N) is 1. The Bertz CT molecular complexity index is 761. The highest BCUT2D eigenvalue weighted by atomic mass is 16.5. The van der Waals surface area contributed by atoms with E-state index >= 15 is 0 Å². The van der Waals surface area contributed by atoms with E-state index in [4.69, 9.17) is 4.74 Å². The van der Waals surface area contributed by atoms with Gasteiger partial charge in [-0.15, -0.1) is 0 Å². The molecule has 0 spiro atoms. The summed E-state index contributed by atoms with van der Waals surface area (Å²) in [7, 11) is 0. The number of rotatable bonds is 4. The number of hydrogen-bond acceptors (Lipinski definition) is 3. The number of carbonyl (C=O) groups excluding carboxylic acids is 1. The van der Waals surface area contributed by atoms with E-state index < -0.39 is 0 Å². The van der Waals surface area contributed by atoms with E-state index in [1.165, 1.54) is 5.56 Å². The molecule has 124 valence electrons. The normalized spacial score (nSPS) is 15.0. The van der Waals surface area contributed by atoms with Gasteiger partial charge in [0.2, 0.25) is 0 Å². The molecule has 0 fully saturated rings. The van der Waals surface area contributed by atoms with Gasteiger partial charge < -0.3 is 4.74 Å². The first-order chi connectivity index (χ1) is 11.6. The van der Waals surface area contributed by atoms with E-state index in [1.807, 2.05) is 44.2 Å². The molecule has 4 heteroatoms. The van der Waals surface area contributed by atoms with Crippen molar-refractivity contribution >= 4 is 11.6 Å². The second kappa shape index (κ2) is 7.30. The molecule has 3 rings (SSSR count). The van der Waals surface area contributed by atoms with Gasteiger partial charge in [-0.2, -0.15) is 5.10 Å². The SMILES string of the molecule is Cc1cccc(C)c1OCC(=O)N/N=C1\CCCc2ccccc21. The predicted octanol–water partition coefficient (Wildman–Crippen LogP) is 3.54. The first-order valence-electron chi connectivity index (χ1n) is 8.28. The zero-order valence-electron chi connectivity index (χ0n) is 14.1. The molecule has 1 amide bonds. The van der Waals surface area contributed by atoms with Gasteiger partial charge in [0, 0.05) is 5.56 Å². The Morgan fingerprint density at radius 2 is 1.83 bits per heavy atom. The lowest BCUT2D eigenvalue weighted by Gasteiger charge is -2.17. The molecule has 2 aromatic rings. The van der Waals surface area contributed by atoms with Gasteiger partial charge >= 0.3 is 0 Å². The van der Waals surface area contributed by atoms with Gasteiger partial charge in [0.25, 0.3) is 5.91 Å². The van der Waals surface area contributed by atoms with Crippen LogP contribution in [0, 0.1) is 13.8 Å². The summed E-state index contributed by atoms with van der Waals surface area (Å²) in [5, 5.41) is 4.32. The first kappa shape index (κ1) is 16.2. The molecular formula is C20H22N2O2. The topological polar surface area (TPSA) is 50.7 Å². The van der Waals surface area contributed by atoms with Crippen LogP contribution in [0.4, 0.5) is 0 Å². The average Bonchev–Trinajstić information content (AvgIpc) is 2.59. The van der Waals surface area contributed by atoms with Crippen molar-refractivity contribution in [3.63, 3.8) is 0 Å². The van der Waals surface area contributed by atoms with Crippen molar-refractivity contribution in [2.45, 2.75) is 33.1 Å². The molecule has 0 saturated carbocycles. The largest absolute Gasteiger partial charge is 0.483 e. The number of aryl methyl sites for hydroxylation is 3. The van der Waals surface area contributed by atoms with Crippen LogP contribution in [0.3, 0.4) is 0 Å². The summed E-state index contributed by atoms with van der Waals surface area (Å²) in [6.45, 7) is 3.91. The van der Waals surface area contributed by atoms with Crippen molar-refractivity contribution in [3.05, 3.63) is 64.7 Å². The van der Waals surface area contributed by atoms with Crippen molar-refractivity contribution in [1.29, 1.82) is 0 Å². The number of hydrogen-bond donors (Lipinski definition) is 1. The third-order valence-corrected chi connectivity index (χ3v) is 4.26. The van der Waals surface area contributed by atoms with E-state index in [2.05, 4.69) is 22.7 Å². The number of nitrogens with zero attached hydrogens (tertiary/aromatic N) is 1. The van der Waals surface area contributed by atoms with E-state index in [1.54, 1.807) is 0 Å². The van der Waals surface area contributed by atoms with Crippen LogP contribution < -0.4 is 10.2 Å². The summed E-state index contributed by atoms with van der Waals surface area (Å²) in [4.78, 5) is 12.1. The van der Waals surface area contributed by atoms with Crippen molar-refractivity contribution in [1.82, 2.24) is 5.43 Å². The molecule has 0 aliphatic heterocycles. The lowest BCUT2D eigenvalue weighted by atomic mass is 9.90. The number of fused-ring (bicyclic) bond motifs is 1. The summed E-state index contributed by atoms with van der Waals surface area (Å²) >= 11 is 0. The van der Waals surface area contributed by atoms with Gasteiger partial charge in [-0.3, -0.25) is 4.79 Å². The zero-order chi connectivity index (χ0) is 16.9. The number of hydrazone groups is 1. The fourth-order valence-electron chi connectivity index (χ4n) is 3.04. The van der Waals surface area contributed by atoms with Gasteiger partial charge in [0.05, 0.1) is 5.71 Å². The van der Waals surface area contributed by atoms with Crippen LogP contribution in [0.1, 0.15) is 35.1 Å². The van der Waals surface area contributed by atoms with Crippen LogP contribution in [0.25, 0.3) is 0 Å². The Morgan fingerprint density at radius 3 is 2.62 bits per heavy atom. The summed E-state index contributed by atoms with van der Waals surface area (Å²) in [6, 6.07) is 14.1. The van der Waals surface area contributed by atoms with Crippen LogP contribution in [0.5, 0.6) is 5.75 Å². The highest BCUT2D eigenvalue weighted by molar-refractivity contribution is 6.03. The van der Waals surface area contributed by atoms with Gasteiger partial charge in [-0.05, 0) is 49.8 Å². The summed E-state index contributed by atoms with van der Waals surface area (Å²) in [6.07, 6.45) is 3.01. The summed E-state index contributed by atoms with van der Waals surface area (Å²) in [5.74, 6) is 0.525. The van der Waals surface area contributed by atoms with Crippen molar-refractivity contribution in [2.75, 3.05) is 6.61 Å². The minimum Gasteiger partial charge on any atom is -0.483 e. The Labute approximate surface area is 142 Å². The summed E-state index contributed by atoms with van der Waals surface area (Å²) in [5.41, 5.74) is 8.05. The van der Waals surface area contributed by atoms with E-state index in [9.17, 15) is 4.79 Å². The molecule has 24 heavy (non-hydrogen) atoms. The minimum atomic E-state index is -0.242. The van der Waals surface area contributed by atoms with E-state index in [-0.39, 0.29) is 12.5 Å². The van der Waals surface area contributed by atoms with Crippen LogP contribution >= 0.6 is 0 Å². The average molecular weight is 322 g/mol. The van der Waals surface area contributed by atoms with E-state index in [0.717, 1.165) is 47.4 Å². The molecule has 0 bridgehead atoms. The van der Waals surface area contributed by atoms with E-state index in [0.29, 0.717) is 0 Å². The Morgan fingerprint density at radius 1 is 1.08 bits per heavy atom. The minimum absolute atomic E-state index is 0.0376. The maximum atomic E-state index is 12.1. The Hall–Kier alpha value is -2.62. The number of ether oxygens (including phenoxy) is 1.